The van der Waals surface area contributed by atoms with E-state index in [2.05, 4.69) is 31.2 Å². The average Bonchev–Trinajstić information content (AvgIpc) is 3.69. The van der Waals surface area contributed by atoms with Crippen molar-refractivity contribution in [3.63, 3.8) is 0 Å². The molecule has 0 aliphatic carbocycles. The van der Waals surface area contributed by atoms with E-state index in [4.69, 9.17) is 16.6 Å². The van der Waals surface area contributed by atoms with Gasteiger partial charge in [0.05, 0.1) is 30.6 Å². The van der Waals surface area contributed by atoms with Crippen molar-refractivity contribution in [3.8, 4) is 0 Å². The highest BCUT2D eigenvalue weighted by Gasteiger charge is 2.41. The fraction of sp³-hybridized carbons (Fsp3) is 0.167. The lowest BCUT2D eigenvalue weighted by atomic mass is 10.0. The minimum absolute atomic E-state index is 0.0600. The third kappa shape index (κ3) is 4.78. The number of nitrogens with one attached hydrogen (secondary N) is 2. The summed E-state index contributed by atoms with van der Waals surface area (Å²) in [5.41, 5.74) is 2.78. The zero-order chi connectivity index (χ0) is 25.9. The second-order valence-electron chi connectivity index (χ2n) is 9.29. The van der Waals surface area contributed by atoms with Gasteiger partial charge in [0, 0.05) is 42.1 Å². The molecule has 2 N–H and O–H groups in total. The van der Waals surface area contributed by atoms with Crippen molar-refractivity contribution in [1.29, 1.82) is 0 Å². The molecule has 1 aliphatic heterocycles. The van der Waals surface area contributed by atoms with Crippen LogP contribution in [0, 0.1) is 0 Å². The monoisotopic (exact) mass is 521 g/mol. The summed E-state index contributed by atoms with van der Waals surface area (Å²) in [5, 5.41) is 9.28. The first-order valence-corrected chi connectivity index (χ1v) is 13.0. The quantitative estimate of drug-likeness (QED) is 0.256. The van der Waals surface area contributed by atoms with Gasteiger partial charge in [-0.3, -0.25) is 9.78 Å². The van der Waals surface area contributed by atoms with E-state index in [1.54, 1.807) is 12.5 Å². The normalized spacial score (nSPS) is 17.1. The van der Waals surface area contributed by atoms with Gasteiger partial charge in [-0.05, 0) is 60.1 Å². The number of benzene rings is 2. The van der Waals surface area contributed by atoms with Crippen LogP contribution in [0.25, 0.3) is 10.8 Å². The van der Waals surface area contributed by atoms with Crippen molar-refractivity contribution in [2.75, 3.05) is 11.9 Å². The molecule has 1 fully saturated rings. The molecular formula is C30H27N5O2S. The van der Waals surface area contributed by atoms with E-state index in [1.807, 2.05) is 85.1 Å². The number of furan rings is 1. The van der Waals surface area contributed by atoms with Gasteiger partial charge in [0.2, 0.25) is 5.91 Å². The maximum absolute atomic E-state index is 13.1. The van der Waals surface area contributed by atoms with Crippen LogP contribution in [0.3, 0.4) is 0 Å². The minimum atomic E-state index is -0.157. The van der Waals surface area contributed by atoms with E-state index in [-0.39, 0.29) is 24.4 Å². The summed E-state index contributed by atoms with van der Waals surface area (Å²) < 4.78 is 7.77. The number of fused-ring (bicyclic) bond motifs is 1. The number of carbonyl (C=O) groups is 1. The highest BCUT2D eigenvalue weighted by Crippen LogP contribution is 2.39. The number of thiocarbonyl (C=S) groups is 1. The van der Waals surface area contributed by atoms with Gasteiger partial charge in [0.25, 0.3) is 0 Å². The maximum atomic E-state index is 13.1. The number of carbonyl (C=O) groups excluding carboxylic acids is 1. The summed E-state index contributed by atoms with van der Waals surface area (Å²) in [6.45, 7) is 1.06. The van der Waals surface area contributed by atoms with E-state index in [0.717, 1.165) is 33.6 Å². The van der Waals surface area contributed by atoms with Gasteiger partial charge in [0.1, 0.15) is 5.76 Å². The number of anilines is 1. The van der Waals surface area contributed by atoms with Gasteiger partial charge in [-0.25, -0.2) is 0 Å². The van der Waals surface area contributed by atoms with Crippen LogP contribution in [-0.2, 0) is 11.3 Å². The number of aromatic nitrogens is 2. The zero-order valence-corrected chi connectivity index (χ0v) is 21.5. The fourth-order valence-electron chi connectivity index (χ4n) is 5.15. The average molecular weight is 522 g/mol. The molecule has 0 bridgehead atoms. The Bertz CT molecular complexity index is 1560. The molecular weight excluding hydrogens is 494 g/mol. The molecule has 1 saturated heterocycles. The predicted molar refractivity (Wildman–Crippen MR) is 152 cm³/mol. The smallest absolute Gasteiger partial charge is 0.226 e. The van der Waals surface area contributed by atoms with Crippen LogP contribution in [0.15, 0.2) is 108 Å². The van der Waals surface area contributed by atoms with E-state index in [1.165, 1.54) is 0 Å². The van der Waals surface area contributed by atoms with Crippen LogP contribution < -0.4 is 10.6 Å². The first-order valence-electron chi connectivity index (χ1n) is 12.6. The minimum Gasteiger partial charge on any atom is -0.467 e. The van der Waals surface area contributed by atoms with Crippen LogP contribution in [0.1, 0.15) is 35.7 Å². The largest absolute Gasteiger partial charge is 0.467 e. The van der Waals surface area contributed by atoms with E-state index in [0.29, 0.717) is 18.2 Å². The SMILES string of the molecule is O=C(CCN1C(=S)N[C@@H](c2ccccn2)[C@H]1c1cccn1Cc1ccco1)Nc1cccc2ccccc12. The lowest BCUT2D eigenvalue weighted by Crippen LogP contribution is -2.33. The molecule has 5 aromatic rings. The Morgan fingerprint density at radius 3 is 2.71 bits per heavy atom. The van der Waals surface area contributed by atoms with Crippen LogP contribution in [0.2, 0.25) is 0 Å². The highest BCUT2D eigenvalue weighted by atomic mass is 32.1. The first-order chi connectivity index (χ1) is 18.7. The molecule has 190 valence electrons. The Kier molecular flexibility index (Phi) is 6.62. The summed E-state index contributed by atoms with van der Waals surface area (Å²) in [7, 11) is 0. The molecule has 0 radical (unpaired) electrons. The van der Waals surface area contributed by atoms with Crippen LogP contribution in [-0.4, -0.2) is 32.0 Å². The Hall–Kier alpha value is -4.43. The molecule has 2 atom stereocenters. The summed E-state index contributed by atoms with van der Waals surface area (Å²) in [6, 6.07) is 27.5. The van der Waals surface area contributed by atoms with E-state index < -0.39 is 0 Å². The van der Waals surface area contributed by atoms with E-state index in [9.17, 15) is 4.79 Å². The van der Waals surface area contributed by atoms with Crippen molar-refractivity contribution in [2.45, 2.75) is 25.0 Å². The van der Waals surface area contributed by atoms with Gasteiger partial charge in [-0.2, -0.15) is 0 Å². The number of hydrogen-bond donors (Lipinski definition) is 2. The Morgan fingerprint density at radius 2 is 1.87 bits per heavy atom. The summed E-state index contributed by atoms with van der Waals surface area (Å²) in [4.78, 5) is 19.8. The van der Waals surface area contributed by atoms with Crippen molar-refractivity contribution >= 4 is 39.7 Å². The number of nitrogens with zero attached hydrogens (tertiary/aromatic N) is 3. The molecule has 0 spiro atoms. The predicted octanol–water partition coefficient (Wildman–Crippen LogP) is 5.68. The number of pyridine rings is 1. The topological polar surface area (TPSA) is 75.3 Å². The highest BCUT2D eigenvalue weighted by molar-refractivity contribution is 7.80. The third-order valence-corrected chi connectivity index (χ3v) is 7.27. The van der Waals surface area contributed by atoms with Crippen LogP contribution >= 0.6 is 12.2 Å². The van der Waals surface area contributed by atoms with Gasteiger partial charge >= 0.3 is 0 Å². The van der Waals surface area contributed by atoms with Crippen molar-refractivity contribution < 1.29 is 9.21 Å². The Morgan fingerprint density at radius 1 is 1.00 bits per heavy atom. The van der Waals surface area contributed by atoms with Crippen molar-refractivity contribution in [2.24, 2.45) is 0 Å². The molecule has 38 heavy (non-hydrogen) atoms. The summed E-state index contributed by atoms with van der Waals surface area (Å²) in [6.07, 6.45) is 5.80. The standard InChI is InChI=1S/C30H27N5O2S/c36-27(32-24-13-5-9-21-8-1-2-11-23(21)24)15-18-35-29(28(33-30(35)38)25-12-3-4-16-31-25)26-14-6-17-34(26)20-22-10-7-19-37-22/h1-14,16-17,19,28-29H,15,18,20H2,(H,32,36)(H,33,38)/t28-,29+/m0/s1. The van der Waals surface area contributed by atoms with Gasteiger partial charge < -0.3 is 24.5 Å². The molecule has 0 saturated carbocycles. The molecule has 1 amide bonds. The lowest BCUT2D eigenvalue weighted by molar-refractivity contribution is -0.116. The Labute approximate surface area is 226 Å². The van der Waals surface area contributed by atoms with Gasteiger partial charge in [-0.1, -0.05) is 42.5 Å². The molecule has 4 heterocycles. The summed E-state index contributed by atoms with van der Waals surface area (Å²) >= 11 is 5.80. The van der Waals surface area contributed by atoms with Gasteiger partial charge in [0.15, 0.2) is 5.11 Å². The van der Waals surface area contributed by atoms with Crippen LogP contribution in [0.4, 0.5) is 5.69 Å². The lowest BCUT2D eigenvalue weighted by Gasteiger charge is -2.28. The Balaban J connectivity index is 1.25. The number of rotatable bonds is 8. The van der Waals surface area contributed by atoms with E-state index >= 15 is 0 Å². The fourth-order valence-corrected chi connectivity index (χ4v) is 5.48. The third-order valence-electron chi connectivity index (χ3n) is 6.92. The number of amides is 1. The molecule has 1 aliphatic rings. The van der Waals surface area contributed by atoms with Gasteiger partial charge in [-0.15, -0.1) is 0 Å². The van der Waals surface area contributed by atoms with Crippen molar-refractivity contribution in [3.05, 3.63) is 121 Å². The molecule has 6 rings (SSSR count). The zero-order valence-electron chi connectivity index (χ0n) is 20.7. The molecule has 8 heteroatoms. The second kappa shape index (κ2) is 10.5. The number of hydrogen-bond acceptors (Lipinski definition) is 4. The second-order valence-corrected chi connectivity index (χ2v) is 9.67. The molecule has 3 aromatic heterocycles. The molecule has 0 unspecified atom stereocenters. The first kappa shape index (κ1) is 23.9. The van der Waals surface area contributed by atoms with Crippen molar-refractivity contribution in [1.82, 2.24) is 19.8 Å². The maximum Gasteiger partial charge on any atom is 0.226 e. The van der Waals surface area contributed by atoms with Crippen LogP contribution in [0.5, 0.6) is 0 Å². The molecule has 7 nitrogen and oxygen atoms in total. The summed E-state index contributed by atoms with van der Waals surface area (Å²) in [5.74, 6) is 0.807. The molecule has 2 aromatic carbocycles.